The molecule has 1 unspecified atom stereocenters. The van der Waals surface area contributed by atoms with E-state index in [1.165, 1.54) is 36.0 Å². The van der Waals surface area contributed by atoms with Gasteiger partial charge in [0.25, 0.3) is 0 Å². The highest BCUT2D eigenvalue weighted by molar-refractivity contribution is 5.88. The van der Waals surface area contributed by atoms with Gasteiger partial charge in [0.05, 0.1) is 6.61 Å². The Bertz CT molecular complexity index is 778. The van der Waals surface area contributed by atoms with E-state index < -0.39 is 5.79 Å². The summed E-state index contributed by atoms with van der Waals surface area (Å²) in [5.41, 5.74) is 5.32. The van der Waals surface area contributed by atoms with Gasteiger partial charge >= 0.3 is 0 Å². The third-order valence-corrected chi connectivity index (χ3v) is 5.70. The highest BCUT2D eigenvalue weighted by Gasteiger charge is 2.32. The van der Waals surface area contributed by atoms with E-state index in [-0.39, 0.29) is 17.4 Å². The van der Waals surface area contributed by atoms with Crippen molar-refractivity contribution in [2.45, 2.75) is 79.6 Å². The summed E-state index contributed by atoms with van der Waals surface area (Å²) in [6, 6.07) is 0. The van der Waals surface area contributed by atoms with Crippen molar-refractivity contribution in [1.29, 1.82) is 0 Å². The molecule has 0 radical (unpaired) electrons. The summed E-state index contributed by atoms with van der Waals surface area (Å²) >= 11 is 0. The fourth-order valence-corrected chi connectivity index (χ4v) is 4.02. The molecule has 1 saturated heterocycles. The highest BCUT2D eigenvalue weighted by atomic mass is 16.7. The van der Waals surface area contributed by atoms with Crippen molar-refractivity contribution < 1.29 is 14.3 Å². The van der Waals surface area contributed by atoms with Gasteiger partial charge in [-0.25, -0.2) is 0 Å². The molecule has 2 rings (SSSR count). The van der Waals surface area contributed by atoms with E-state index >= 15 is 0 Å². The molecule has 0 aromatic carbocycles. The van der Waals surface area contributed by atoms with Gasteiger partial charge in [-0.3, -0.25) is 4.79 Å². The lowest BCUT2D eigenvalue weighted by molar-refractivity contribution is -0.139. The Kier molecular flexibility index (Phi) is 8.45. The van der Waals surface area contributed by atoms with Gasteiger partial charge in [0.1, 0.15) is 6.10 Å². The minimum atomic E-state index is -0.565. The highest BCUT2D eigenvalue weighted by Crippen LogP contribution is 2.40. The molecule has 1 heterocycles. The molecule has 4 heteroatoms. The predicted octanol–water partition coefficient (Wildman–Crippen LogP) is 5.79. The van der Waals surface area contributed by atoms with Crippen LogP contribution in [-0.2, 0) is 14.3 Å². The number of amides is 1. The minimum Gasteiger partial charge on any atom is -0.350 e. The Labute approximate surface area is 182 Å². The largest absolute Gasteiger partial charge is 0.350 e. The molecule has 1 amide bonds. The van der Waals surface area contributed by atoms with Crippen LogP contribution in [0.3, 0.4) is 0 Å². The molecule has 4 nitrogen and oxygen atoms in total. The van der Waals surface area contributed by atoms with Gasteiger partial charge in [0, 0.05) is 12.6 Å². The van der Waals surface area contributed by atoms with Gasteiger partial charge < -0.3 is 14.8 Å². The Morgan fingerprint density at radius 3 is 2.53 bits per heavy atom. The lowest BCUT2D eigenvalue weighted by Crippen LogP contribution is -2.33. The second-order valence-electron chi connectivity index (χ2n) is 9.62. The lowest BCUT2D eigenvalue weighted by atomic mass is 9.72. The van der Waals surface area contributed by atoms with E-state index in [1.54, 1.807) is 6.08 Å². The van der Waals surface area contributed by atoms with Crippen LogP contribution < -0.4 is 5.32 Å². The van der Waals surface area contributed by atoms with Crippen LogP contribution in [0, 0.1) is 5.41 Å². The first-order valence-corrected chi connectivity index (χ1v) is 11.0. The predicted molar refractivity (Wildman–Crippen MR) is 124 cm³/mol. The molecule has 1 aliphatic heterocycles. The number of hydrogen-bond acceptors (Lipinski definition) is 3. The van der Waals surface area contributed by atoms with Crippen LogP contribution in [0.1, 0.15) is 67.7 Å². The van der Waals surface area contributed by atoms with Crippen LogP contribution in [0.15, 0.2) is 58.7 Å². The van der Waals surface area contributed by atoms with Crippen LogP contribution in [0.2, 0.25) is 0 Å². The minimum absolute atomic E-state index is 0.0986. The van der Waals surface area contributed by atoms with E-state index in [1.807, 2.05) is 32.9 Å². The first-order valence-electron chi connectivity index (χ1n) is 11.0. The molecule has 1 atom stereocenters. The molecule has 1 fully saturated rings. The fourth-order valence-electron chi connectivity index (χ4n) is 4.02. The second-order valence-corrected chi connectivity index (χ2v) is 9.62. The summed E-state index contributed by atoms with van der Waals surface area (Å²) in [6.45, 7) is 15.7. The van der Waals surface area contributed by atoms with E-state index in [4.69, 9.17) is 9.47 Å². The summed E-state index contributed by atoms with van der Waals surface area (Å²) in [4.78, 5) is 12.1. The van der Waals surface area contributed by atoms with Crippen LogP contribution in [0.4, 0.5) is 0 Å². The maximum absolute atomic E-state index is 12.1. The molecule has 166 valence electrons. The smallest absolute Gasteiger partial charge is 0.244 e. The van der Waals surface area contributed by atoms with Crippen LogP contribution >= 0.6 is 0 Å². The third-order valence-electron chi connectivity index (χ3n) is 5.70. The number of allylic oxidation sites excluding steroid dienone is 9. The van der Waals surface area contributed by atoms with Crippen molar-refractivity contribution in [2.75, 3.05) is 13.2 Å². The van der Waals surface area contributed by atoms with Gasteiger partial charge in [0.2, 0.25) is 5.91 Å². The Balaban J connectivity index is 1.85. The SMILES string of the molecule is CC(C=CC1=C(C)CCCC1(C)C)=CC=C/C(C)=C\C(=O)NCC1COC(C)(C)O1. The van der Waals surface area contributed by atoms with Crippen molar-refractivity contribution in [3.63, 3.8) is 0 Å². The lowest BCUT2D eigenvalue weighted by Gasteiger charge is -2.32. The number of carbonyl (C=O) groups is 1. The van der Waals surface area contributed by atoms with Gasteiger partial charge in [0.15, 0.2) is 5.79 Å². The topological polar surface area (TPSA) is 47.6 Å². The quantitative estimate of drug-likeness (QED) is 0.425. The molecular formula is C26H39NO3. The summed E-state index contributed by atoms with van der Waals surface area (Å²) in [5, 5.41) is 2.88. The molecule has 0 saturated carbocycles. The van der Waals surface area contributed by atoms with Crippen LogP contribution in [0.25, 0.3) is 0 Å². The third kappa shape index (κ3) is 7.73. The zero-order chi connectivity index (χ0) is 22.4. The van der Waals surface area contributed by atoms with Crippen molar-refractivity contribution in [3.05, 3.63) is 58.7 Å². The van der Waals surface area contributed by atoms with Crippen molar-refractivity contribution >= 4 is 5.91 Å². The molecule has 1 N–H and O–H groups in total. The monoisotopic (exact) mass is 413 g/mol. The fraction of sp³-hybridized carbons (Fsp3) is 0.577. The van der Waals surface area contributed by atoms with Gasteiger partial charge in [-0.05, 0) is 70.4 Å². The average molecular weight is 414 g/mol. The molecule has 2 aliphatic rings. The summed E-state index contributed by atoms with van der Waals surface area (Å²) < 4.78 is 11.2. The zero-order valence-corrected chi connectivity index (χ0v) is 19.8. The Hall–Kier alpha value is -1.91. The second kappa shape index (κ2) is 10.4. The van der Waals surface area contributed by atoms with Crippen molar-refractivity contribution in [3.8, 4) is 0 Å². The first kappa shape index (κ1) is 24.4. The number of carbonyl (C=O) groups excluding carboxylic acids is 1. The maximum Gasteiger partial charge on any atom is 0.244 e. The van der Waals surface area contributed by atoms with E-state index in [0.717, 1.165) is 5.57 Å². The number of hydrogen-bond donors (Lipinski definition) is 1. The molecule has 0 aromatic heterocycles. The molecule has 1 aliphatic carbocycles. The average Bonchev–Trinajstić information content (AvgIpc) is 2.98. The first-order chi connectivity index (χ1) is 14.0. The van der Waals surface area contributed by atoms with Crippen LogP contribution in [-0.4, -0.2) is 30.9 Å². The summed E-state index contributed by atoms with van der Waals surface area (Å²) in [5.74, 6) is -0.683. The molecule has 0 aromatic rings. The Morgan fingerprint density at radius 1 is 1.17 bits per heavy atom. The molecule has 0 bridgehead atoms. The molecule has 30 heavy (non-hydrogen) atoms. The summed E-state index contributed by atoms with van der Waals surface area (Å²) in [7, 11) is 0. The van der Waals surface area contributed by atoms with Gasteiger partial charge in [-0.1, -0.05) is 55.4 Å². The van der Waals surface area contributed by atoms with Gasteiger partial charge in [-0.15, -0.1) is 0 Å². The van der Waals surface area contributed by atoms with Crippen LogP contribution in [0.5, 0.6) is 0 Å². The van der Waals surface area contributed by atoms with E-state index in [9.17, 15) is 4.79 Å². The standard InChI is InChI=1S/C26H39NO3/c1-19(13-14-23-21(3)12-9-15-25(23,4)5)10-8-11-20(2)16-24(28)27-17-22-18-29-26(6,7)30-22/h8,10-11,13-14,16,22H,9,12,15,17-18H2,1-7H3,(H,27,28)/b11-8?,14-13?,19-10?,20-16-. The van der Waals surface area contributed by atoms with Crippen molar-refractivity contribution in [1.82, 2.24) is 5.32 Å². The maximum atomic E-state index is 12.1. The molecular weight excluding hydrogens is 374 g/mol. The number of ether oxygens (including phenoxy) is 2. The summed E-state index contributed by atoms with van der Waals surface area (Å²) in [6.07, 6.45) is 15.7. The Morgan fingerprint density at radius 2 is 1.90 bits per heavy atom. The normalized spacial score (nSPS) is 24.8. The number of rotatable bonds is 7. The zero-order valence-electron chi connectivity index (χ0n) is 19.8. The number of nitrogens with one attached hydrogen (secondary N) is 1. The van der Waals surface area contributed by atoms with Gasteiger partial charge in [-0.2, -0.15) is 0 Å². The van der Waals surface area contributed by atoms with Crippen molar-refractivity contribution in [2.24, 2.45) is 5.41 Å². The molecule has 0 spiro atoms. The van der Waals surface area contributed by atoms with E-state index in [0.29, 0.717) is 13.2 Å². The van der Waals surface area contributed by atoms with E-state index in [2.05, 4.69) is 51.2 Å².